The molecular formula is C15H16F3NO3. The number of unbranched alkanes of at least 4 members (excludes halogenated alkanes) is 2. The van der Waals surface area contributed by atoms with Crippen molar-refractivity contribution in [2.24, 2.45) is 0 Å². The van der Waals surface area contributed by atoms with Crippen LogP contribution in [0.5, 0.6) is 0 Å². The average Bonchev–Trinajstić information content (AvgIpc) is 2.45. The summed E-state index contributed by atoms with van der Waals surface area (Å²) in [5.74, 6) is 5.43. The molecule has 1 aromatic rings. The molecule has 120 valence electrons. The van der Waals surface area contributed by atoms with Gasteiger partial charge in [-0.3, -0.25) is 10.1 Å². The predicted molar refractivity (Wildman–Crippen MR) is 75.1 cm³/mol. The van der Waals surface area contributed by atoms with Crippen LogP contribution in [0.3, 0.4) is 0 Å². The Morgan fingerprint density at radius 3 is 2.45 bits per heavy atom. The molecule has 0 aromatic heterocycles. The number of benzene rings is 1. The zero-order valence-electron chi connectivity index (χ0n) is 12.0. The SMILES string of the molecule is CCCCC#CC(OCC(F)(F)F)c1ccc([N+](=O)[O-])cc1. The van der Waals surface area contributed by atoms with Crippen molar-refractivity contribution in [3.63, 3.8) is 0 Å². The summed E-state index contributed by atoms with van der Waals surface area (Å²) in [5, 5.41) is 10.6. The molecule has 7 heteroatoms. The molecule has 0 saturated carbocycles. The van der Waals surface area contributed by atoms with Crippen molar-refractivity contribution < 1.29 is 22.8 Å². The largest absolute Gasteiger partial charge is 0.411 e. The summed E-state index contributed by atoms with van der Waals surface area (Å²) in [6.07, 6.45) is -3.17. The Morgan fingerprint density at radius 1 is 1.32 bits per heavy atom. The minimum absolute atomic E-state index is 0.141. The fraction of sp³-hybridized carbons (Fsp3) is 0.467. The van der Waals surface area contributed by atoms with Crippen LogP contribution < -0.4 is 0 Å². The summed E-state index contributed by atoms with van der Waals surface area (Å²) >= 11 is 0. The molecule has 0 heterocycles. The number of non-ortho nitro benzene ring substituents is 1. The highest BCUT2D eigenvalue weighted by Gasteiger charge is 2.29. The first-order chi connectivity index (χ1) is 10.3. The van der Waals surface area contributed by atoms with Gasteiger partial charge in [0.2, 0.25) is 0 Å². The third-order valence-corrected chi connectivity index (χ3v) is 2.71. The van der Waals surface area contributed by atoms with Crippen molar-refractivity contribution in [1.29, 1.82) is 0 Å². The van der Waals surface area contributed by atoms with Gasteiger partial charge in [0.15, 0.2) is 0 Å². The molecule has 0 saturated heterocycles. The molecule has 0 aliphatic carbocycles. The second kappa shape index (κ2) is 8.39. The Bertz CT molecular complexity index is 544. The van der Waals surface area contributed by atoms with E-state index in [2.05, 4.69) is 11.8 Å². The van der Waals surface area contributed by atoms with Crippen LogP contribution in [0, 0.1) is 22.0 Å². The van der Waals surface area contributed by atoms with Gasteiger partial charge in [0.1, 0.15) is 12.7 Å². The van der Waals surface area contributed by atoms with Gasteiger partial charge >= 0.3 is 6.18 Å². The summed E-state index contributed by atoms with van der Waals surface area (Å²) in [4.78, 5) is 10.00. The van der Waals surface area contributed by atoms with Crippen LogP contribution >= 0.6 is 0 Å². The van der Waals surface area contributed by atoms with E-state index < -0.39 is 23.8 Å². The quantitative estimate of drug-likeness (QED) is 0.338. The van der Waals surface area contributed by atoms with E-state index in [1.807, 2.05) is 6.92 Å². The fourth-order valence-corrected chi connectivity index (χ4v) is 1.60. The first kappa shape index (κ1) is 18.0. The second-order valence-electron chi connectivity index (χ2n) is 4.58. The van der Waals surface area contributed by atoms with Crippen molar-refractivity contribution in [3.8, 4) is 11.8 Å². The second-order valence-corrected chi connectivity index (χ2v) is 4.58. The fourth-order valence-electron chi connectivity index (χ4n) is 1.60. The molecule has 22 heavy (non-hydrogen) atoms. The monoisotopic (exact) mass is 315 g/mol. The molecule has 1 atom stereocenters. The minimum atomic E-state index is -4.45. The molecule has 0 radical (unpaired) electrons. The number of halogens is 3. The van der Waals surface area contributed by atoms with Crippen LogP contribution in [0.1, 0.15) is 37.9 Å². The molecule has 1 unspecified atom stereocenters. The van der Waals surface area contributed by atoms with Crippen LogP contribution in [0.15, 0.2) is 24.3 Å². The van der Waals surface area contributed by atoms with Crippen molar-refractivity contribution >= 4 is 5.69 Å². The molecule has 1 aromatic carbocycles. The van der Waals surface area contributed by atoms with Gasteiger partial charge in [0.05, 0.1) is 4.92 Å². The highest BCUT2D eigenvalue weighted by molar-refractivity contribution is 5.36. The smallest absolute Gasteiger partial charge is 0.351 e. The number of hydrogen-bond donors (Lipinski definition) is 0. The van der Waals surface area contributed by atoms with Gasteiger partial charge in [-0.15, -0.1) is 5.92 Å². The Kier molecular flexibility index (Phi) is 6.86. The molecule has 0 N–H and O–H groups in total. The first-order valence-electron chi connectivity index (χ1n) is 6.74. The zero-order valence-corrected chi connectivity index (χ0v) is 12.0. The number of alkyl halides is 3. The van der Waals surface area contributed by atoms with Gasteiger partial charge in [0, 0.05) is 18.6 Å². The predicted octanol–water partition coefficient (Wildman–Crippen LogP) is 4.41. The lowest BCUT2D eigenvalue weighted by atomic mass is 10.1. The summed E-state index contributed by atoms with van der Waals surface area (Å²) in [6, 6.07) is 5.14. The van der Waals surface area contributed by atoms with Crippen LogP contribution in [0.25, 0.3) is 0 Å². The molecule has 0 spiro atoms. The van der Waals surface area contributed by atoms with Crippen molar-refractivity contribution in [3.05, 3.63) is 39.9 Å². The van der Waals surface area contributed by atoms with E-state index in [0.717, 1.165) is 12.8 Å². The van der Waals surface area contributed by atoms with E-state index >= 15 is 0 Å². The lowest BCUT2D eigenvalue weighted by Crippen LogP contribution is -2.19. The molecule has 0 bridgehead atoms. The van der Waals surface area contributed by atoms with E-state index in [4.69, 9.17) is 4.74 Å². The van der Waals surface area contributed by atoms with Gasteiger partial charge < -0.3 is 4.74 Å². The number of ether oxygens (including phenoxy) is 1. The molecular weight excluding hydrogens is 299 g/mol. The first-order valence-corrected chi connectivity index (χ1v) is 6.74. The van der Waals surface area contributed by atoms with E-state index in [1.54, 1.807) is 0 Å². The number of nitro groups is 1. The van der Waals surface area contributed by atoms with Crippen LogP contribution in [-0.2, 0) is 4.74 Å². The van der Waals surface area contributed by atoms with Crippen LogP contribution in [-0.4, -0.2) is 17.7 Å². The minimum Gasteiger partial charge on any atom is -0.351 e. The third-order valence-electron chi connectivity index (χ3n) is 2.71. The summed E-state index contributed by atoms with van der Waals surface area (Å²) in [6.45, 7) is 0.562. The topological polar surface area (TPSA) is 52.4 Å². The summed E-state index contributed by atoms with van der Waals surface area (Å²) < 4.78 is 41.7. The maximum atomic E-state index is 12.3. The normalized spacial score (nSPS) is 12.4. The Balaban J connectivity index is 2.87. The number of nitro benzene ring substituents is 1. The summed E-state index contributed by atoms with van der Waals surface area (Å²) in [7, 11) is 0. The van der Waals surface area contributed by atoms with Gasteiger partial charge in [-0.25, -0.2) is 0 Å². The van der Waals surface area contributed by atoms with E-state index in [-0.39, 0.29) is 5.69 Å². The van der Waals surface area contributed by atoms with Gasteiger partial charge in [-0.1, -0.05) is 19.3 Å². The Morgan fingerprint density at radius 2 is 1.95 bits per heavy atom. The number of rotatable bonds is 6. The molecule has 1 rings (SSSR count). The van der Waals surface area contributed by atoms with Crippen molar-refractivity contribution in [2.75, 3.05) is 6.61 Å². The van der Waals surface area contributed by atoms with Crippen LogP contribution in [0.4, 0.5) is 18.9 Å². The average molecular weight is 315 g/mol. The van der Waals surface area contributed by atoms with Gasteiger partial charge in [-0.2, -0.15) is 13.2 Å². The molecule has 0 amide bonds. The molecule has 4 nitrogen and oxygen atoms in total. The van der Waals surface area contributed by atoms with E-state index in [1.165, 1.54) is 24.3 Å². The standard InChI is InChI=1S/C15H16F3NO3/c1-2-3-4-5-6-14(22-11-15(16,17)18)12-7-9-13(10-8-12)19(20)21/h7-10,14H,2-4,11H2,1H3. The zero-order chi connectivity index (χ0) is 16.6. The Hall–Kier alpha value is -2.07. The van der Waals surface area contributed by atoms with Crippen LogP contribution in [0.2, 0.25) is 0 Å². The van der Waals surface area contributed by atoms with E-state index in [0.29, 0.717) is 12.0 Å². The lowest BCUT2D eigenvalue weighted by Gasteiger charge is -2.14. The highest BCUT2D eigenvalue weighted by Crippen LogP contribution is 2.24. The van der Waals surface area contributed by atoms with Gasteiger partial charge in [0.25, 0.3) is 5.69 Å². The maximum Gasteiger partial charge on any atom is 0.411 e. The third kappa shape index (κ3) is 6.59. The maximum absolute atomic E-state index is 12.3. The van der Waals surface area contributed by atoms with E-state index in [9.17, 15) is 23.3 Å². The number of nitrogens with zero attached hydrogens (tertiary/aromatic N) is 1. The molecule has 0 fully saturated rings. The molecule has 0 aliphatic rings. The summed E-state index contributed by atoms with van der Waals surface area (Å²) in [5.41, 5.74) is 0.219. The Labute approximate surface area is 126 Å². The van der Waals surface area contributed by atoms with Crippen molar-refractivity contribution in [1.82, 2.24) is 0 Å². The van der Waals surface area contributed by atoms with Gasteiger partial charge in [-0.05, 0) is 24.1 Å². The number of hydrogen-bond acceptors (Lipinski definition) is 3. The van der Waals surface area contributed by atoms with Crippen molar-refractivity contribution in [2.45, 2.75) is 38.5 Å². The highest BCUT2D eigenvalue weighted by atomic mass is 19.4. The lowest BCUT2D eigenvalue weighted by molar-refractivity contribution is -0.384. The molecule has 0 aliphatic heterocycles.